The molecular formula is C15H25NO2. The number of hydrogen-bond donors (Lipinski definition) is 2. The molecule has 1 heterocycles. The Morgan fingerprint density at radius 3 is 2.61 bits per heavy atom. The molecule has 1 aromatic rings. The highest BCUT2D eigenvalue weighted by Crippen LogP contribution is 2.26. The number of aryl methyl sites for hydroxylation is 1. The molecule has 1 saturated carbocycles. The first-order chi connectivity index (χ1) is 8.72. The van der Waals surface area contributed by atoms with Gasteiger partial charge in [-0.15, -0.1) is 0 Å². The first-order valence-electron chi connectivity index (χ1n) is 7.18. The van der Waals surface area contributed by atoms with Crippen LogP contribution in [0.25, 0.3) is 0 Å². The van der Waals surface area contributed by atoms with Gasteiger partial charge in [-0.05, 0) is 50.7 Å². The van der Waals surface area contributed by atoms with Gasteiger partial charge < -0.3 is 14.8 Å². The lowest BCUT2D eigenvalue weighted by Crippen LogP contribution is -2.35. The molecule has 1 fully saturated rings. The number of aliphatic hydroxyl groups excluding tert-OH is 1. The molecule has 0 aromatic carbocycles. The lowest BCUT2D eigenvalue weighted by atomic mass is 9.86. The van der Waals surface area contributed by atoms with Gasteiger partial charge in [0.2, 0.25) is 0 Å². The van der Waals surface area contributed by atoms with Crippen LogP contribution >= 0.6 is 0 Å². The van der Waals surface area contributed by atoms with Crippen molar-refractivity contribution in [2.45, 2.75) is 58.0 Å². The minimum absolute atomic E-state index is 0.279. The van der Waals surface area contributed by atoms with E-state index in [-0.39, 0.29) is 6.04 Å². The molecule has 3 nitrogen and oxygen atoms in total. The summed E-state index contributed by atoms with van der Waals surface area (Å²) in [7, 11) is 0. The zero-order valence-electron chi connectivity index (χ0n) is 11.5. The molecule has 1 aliphatic carbocycles. The summed E-state index contributed by atoms with van der Waals surface area (Å²) in [5, 5.41) is 12.8. The Hall–Kier alpha value is -0.800. The van der Waals surface area contributed by atoms with Gasteiger partial charge in [0.05, 0.1) is 6.04 Å². The average Bonchev–Trinajstić information content (AvgIpc) is 2.88. The second-order valence-electron chi connectivity index (χ2n) is 5.45. The summed E-state index contributed by atoms with van der Waals surface area (Å²) in [6.45, 7) is 4.62. The monoisotopic (exact) mass is 251 g/mol. The van der Waals surface area contributed by atoms with Gasteiger partial charge in [-0.2, -0.15) is 0 Å². The van der Waals surface area contributed by atoms with Crippen molar-refractivity contribution in [1.82, 2.24) is 5.32 Å². The van der Waals surface area contributed by atoms with Gasteiger partial charge in [-0.25, -0.2) is 0 Å². The second kappa shape index (κ2) is 6.39. The molecule has 2 N–H and O–H groups in total. The normalized spacial score (nSPS) is 26.2. The number of furan rings is 1. The fourth-order valence-corrected chi connectivity index (χ4v) is 2.76. The molecule has 1 aromatic heterocycles. The molecule has 0 bridgehead atoms. The molecule has 2 rings (SSSR count). The van der Waals surface area contributed by atoms with Crippen molar-refractivity contribution in [2.75, 3.05) is 6.61 Å². The van der Waals surface area contributed by atoms with Gasteiger partial charge in [0, 0.05) is 19.1 Å². The molecule has 0 amide bonds. The first-order valence-corrected chi connectivity index (χ1v) is 7.18. The van der Waals surface area contributed by atoms with E-state index in [2.05, 4.69) is 31.3 Å². The highest BCUT2D eigenvalue weighted by Gasteiger charge is 2.22. The van der Waals surface area contributed by atoms with Crippen LogP contribution in [0.2, 0.25) is 0 Å². The quantitative estimate of drug-likeness (QED) is 0.845. The zero-order valence-corrected chi connectivity index (χ0v) is 11.5. The van der Waals surface area contributed by atoms with Crippen molar-refractivity contribution in [1.29, 1.82) is 0 Å². The third-order valence-electron chi connectivity index (χ3n) is 4.05. The van der Waals surface area contributed by atoms with Gasteiger partial charge >= 0.3 is 0 Å². The van der Waals surface area contributed by atoms with Gasteiger partial charge in [-0.1, -0.05) is 6.92 Å². The van der Waals surface area contributed by atoms with Crippen molar-refractivity contribution >= 4 is 0 Å². The van der Waals surface area contributed by atoms with Crippen molar-refractivity contribution in [3.05, 3.63) is 23.7 Å². The van der Waals surface area contributed by atoms with Crippen molar-refractivity contribution in [3.8, 4) is 0 Å². The van der Waals surface area contributed by atoms with E-state index in [1.54, 1.807) is 0 Å². The third-order valence-corrected chi connectivity index (χ3v) is 4.05. The van der Waals surface area contributed by atoms with Crippen LogP contribution in [0.1, 0.15) is 57.1 Å². The average molecular weight is 251 g/mol. The highest BCUT2D eigenvalue weighted by molar-refractivity contribution is 5.10. The fraction of sp³-hybridized carbons (Fsp3) is 0.733. The van der Waals surface area contributed by atoms with E-state index in [0.29, 0.717) is 18.6 Å². The summed E-state index contributed by atoms with van der Waals surface area (Å²) in [6, 6.07) is 4.99. The largest absolute Gasteiger partial charge is 0.464 e. The summed E-state index contributed by atoms with van der Waals surface area (Å²) in [5.74, 6) is 2.62. The summed E-state index contributed by atoms with van der Waals surface area (Å²) >= 11 is 0. The van der Waals surface area contributed by atoms with Gasteiger partial charge in [-0.3, -0.25) is 0 Å². The smallest absolute Gasteiger partial charge is 0.120 e. The Bertz CT molecular complexity index is 353. The molecule has 102 valence electrons. The minimum Gasteiger partial charge on any atom is -0.464 e. The molecule has 0 saturated heterocycles. The summed E-state index contributed by atoms with van der Waals surface area (Å²) in [6.07, 6.45) is 5.56. The fourth-order valence-electron chi connectivity index (χ4n) is 2.76. The van der Waals surface area contributed by atoms with Gasteiger partial charge in [0.1, 0.15) is 11.5 Å². The number of hydrogen-bond acceptors (Lipinski definition) is 3. The maximum absolute atomic E-state index is 9.13. The summed E-state index contributed by atoms with van der Waals surface area (Å²) in [5.41, 5.74) is 0. The van der Waals surface area contributed by atoms with E-state index in [4.69, 9.17) is 9.52 Å². The Morgan fingerprint density at radius 2 is 2.06 bits per heavy atom. The molecule has 0 aliphatic heterocycles. The van der Waals surface area contributed by atoms with Crippen LogP contribution in [0.5, 0.6) is 0 Å². The van der Waals surface area contributed by atoms with E-state index in [1.807, 2.05) is 0 Å². The second-order valence-corrected chi connectivity index (χ2v) is 5.45. The lowest BCUT2D eigenvalue weighted by Gasteiger charge is -2.29. The number of nitrogens with one attached hydrogen (secondary N) is 1. The van der Waals surface area contributed by atoms with E-state index in [9.17, 15) is 0 Å². The predicted octanol–water partition coefficient (Wildman–Crippen LogP) is 3.04. The molecule has 1 aliphatic rings. The van der Waals surface area contributed by atoms with Gasteiger partial charge in [0.25, 0.3) is 0 Å². The van der Waals surface area contributed by atoms with Crippen LogP contribution in [0.3, 0.4) is 0 Å². The van der Waals surface area contributed by atoms with Crippen LogP contribution < -0.4 is 5.32 Å². The van der Waals surface area contributed by atoms with Crippen LogP contribution in [0, 0.1) is 5.92 Å². The lowest BCUT2D eigenvalue weighted by molar-refractivity contribution is 0.171. The van der Waals surface area contributed by atoms with Crippen LogP contribution in [-0.2, 0) is 6.42 Å². The number of aliphatic hydroxyl groups is 1. The van der Waals surface area contributed by atoms with Crippen molar-refractivity contribution < 1.29 is 9.52 Å². The highest BCUT2D eigenvalue weighted by atomic mass is 16.3. The number of rotatable bonds is 5. The topological polar surface area (TPSA) is 45.4 Å². The molecule has 1 atom stereocenters. The molecular weight excluding hydrogens is 226 g/mol. The van der Waals surface area contributed by atoms with Crippen molar-refractivity contribution in [3.63, 3.8) is 0 Å². The molecule has 18 heavy (non-hydrogen) atoms. The van der Waals surface area contributed by atoms with Crippen LogP contribution in [0.4, 0.5) is 0 Å². The standard InChI is InChI=1S/C15H25NO2/c1-3-14-8-9-15(18-14)11(2)16-13-6-4-12(10-17)5-7-13/h8-9,11-13,16-17H,3-7,10H2,1-2H3. The Kier molecular flexibility index (Phi) is 4.84. The molecule has 0 radical (unpaired) electrons. The van der Waals surface area contributed by atoms with E-state index in [1.165, 1.54) is 0 Å². The van der Waals surface area contributed by atoms with Crippen LogP contribution in [0.15, 0.2) is 16.5 Å². The zero-order chi connectivity index (χ0) is 13.0. The van der Waals surface area contributed by atoms with Crippen molar-refractivity contribution in [2.24, 2.45) is 5.92 Å². The molecule has 1 unspecified atom stereocenters. The maximum Gasteiger partial charge on any atom is 0.120 e. The van der Waals surface area contributed by atoms with E-state index in [0.717, 1.165) is 43.6 Å². The first kappa shape index (κ1) is 13.6. The summed E-state index contributed by atoms with van der Waals surface area (Å²) < 4.78 is 5.78. The minimum atomic E-state index is 0.279. The van der Waals surface area contributed by atoms with Gasteiger partial charge in [0.15, 0.2) is 0 Å². The third kappa shape index (κ3) is 3.36. The predicted molar refractivity (Wildman–Crippen MR) is 72.5 cm³/mol. The van der Waals surface area contributed by atoms with E-state index < -0.39 is 0 Å². The van der Waals surface area contributed by atoms with Crippen LogP contribution in [-0.4, -0.2) is 17.8 Å². The Balaban J connectivity index is 1.82. The maximum atomic E-state index is 9.13. The summed E-state index contributed by atoms with van der Waals surface area (Å²) in [4.78, 5) is 0. The Labute approximate surface area is 110 Å². The van der Waals surface area contributed by atoms with E-state index >= 15 is 0 Å². The molecule has 3 heteroatoms. The SMILES string of the molecule is CCc1ccc(C(C)NC2CCC(CO)CC2)o1. The molecule has 0 spiro atoms. The Morgan fingerprint density at radius 1 is 1.33 bits per heavy atom.